The number of amidine groups is 1. The van der Waals surface area contributed by atoms with Gasteiger partial charge in [-0.1, -0.05) is 45.9 Å². The van der Waals surface area contributed by atoms with Crippen LogP contribution in [0.15, 0.2) is 69.6 Å². The van der Waals surface area contributed by atoms with Crippen molar-refractivity contribution in [3.05, 3.63) is 54.6 Å². The topological polar surface area (TPSA) is 120 Å². The van der Waals surface area contributed by atoms with Crippen molar-refractivity contribution >= 4 is 34.0 Å². The summed E-state index contributed by atoms with van der Waals surface area (Å²) in [6, 6.07) is 15.2. The second-order valence-electron chi connectivity index (χ2n) is 5.26. The first-order valence-corrected chi connectivity index (χ1v) is 11.3. The molecule has 30 heavy (non-hydrogen) atoms. The number of hydrazone groups is 1. The lowest BCUT2D eigenvalue weighted by Crippen LogP contribution is -2.36. The van der Waals surface area contributed by atoms with E-state index >= 15 is 0 Å². The predicted octanol–water partition coefficient (Wildman–Crippen LogP) is 3.12. The number of sulfonamides is 1. The molecule has 0 heterocycles. The Morgan fingerprint density at radius 2 is 1.63 bits per heavy atom. The molecule has 0 unspecified atom stereocenters. The van der Waals surface area contributed by atoms with E-state index in [0.29, 0.717) is 24.6 Å². The van der Waals surface area contributed by atoms with Crippen molar-refractivity contribution in [2.45, 2.75) is 32.6 Å². The molecule has 0 aromatic heterocycles. The van der Waals surface area contributed by atoms with Gasteiger partial charge in [-0.05, 0) is 36.4 Å². The van der Waals surface area contributed by atoms with Crippen LogP contribution in [-0.2, 0) is 10.0 Å². The molecule has 0 fully saturated rings. The molecular formula is C21H33N5O3S. The molecule has 0 atom stereocenters. The number of anilines is 1. The van der Waals surface area contributed by atoms with Crippen LogP contribution in [0.3, 0.4) is 0 Å². The first-order chi connectivity index (χ1) is 14.5. The molecule has 4 N–H and O–H groups in total. The molecule has 2 aromatic rings. The van der Waals surface area contributed by atoms with Gasteiger partial charge < -0.3 is 10.4 Å². The van der Waals surface area contributed by atoms with Crippen LogP contribution in [0.1, 0.15) is 27.7 Å². The van der Waals surface area contributed by atoms with Crippen molar-refractivity contribution in [3.63, 3.8) is 0 Å². The summed E-state index contributed by atoms with van der Waals surface area (Å²) in [6.45, 7) is 12.3. The first-order valence-electron chi connectivity index (χ1n) is 9.79. The third-order valence-corrected chi connectivity index (χ3v) is 4.31. The first kappa shape index (κ1) is 27.4. The SMILES string of the molecule is C=NN(C(CNCCO)=Nc1ccccc1)c1ccc(S(N)(=O)=O)cc1.CC.CC. The van der Waals surface area contributed by atoms with Crippen molar-refractivity contribution in [3.8, 4) is 0 Å². The van der Waals surface area contributed by atoms with Gasteiger partial charge in [0.05, 0.1) is 29.4 Å². The minimum Gasteiger partial charge on any atom is -0.395 e. The fraction of sp³-hybridized carbons (Fsp3) is 0.333. The highest BCUT2D eigenvalue weighted by Crippen LogP contribution is 2.20. The number of rotatable bonds is 8. The van der Waals surface area contributed by atoms with Crippen LogP contribution < -0.4 is 15.5 Å². The summed E-state index contributed by atoms with van der Waals surface area (Å²) in [4.78, 5) is 4.58. The number of primary sulfonamides is 1. The number of nitrogens with two attached hydrogens (primary N) is 1. The van der Waals surface area contributed by atoms with Gasteiger partial charge in [-0.25, -0.2) is 23.6 Å². The third-order valence-electron chi connectivity index (χ3n) is 3.38. The van der Waals surface area contributed by atoms with Gasteiger partial charge in [0.1, 0.15) is 5.84 Å². The Labute approximate surface area is 180 Å². The zero-order chi connectivity index (χ0) is 23.0. The van der Waals surface area contributed by atoms with E-state index in [0.717, 1.165) is 5.69 Å². The highest BCUT2D eigenvalue weighted by atomic mass is 32.2. The standard InChI is InChI=1S/C17H21N5O3S.2C2H6/c1-19-22(15-7-9-16(10-8-15)26(18,24)25)17(13-20-11-12-23)21-14-5-3-2-4-6-14;2*1-2/h2-10,20,23H,1,11-13H2,(H2,18,24,25);2*1-2H3. The Kier molecular flexibility index (Phi) is 14.0. The van der Waals surface area contributed by atoms with Gasteiger partial charge in [0.2, 0.25) is 10.0 Å². The lowest BCUT2D eigenvalue weighted by molar-refractivity contribution is 0.295. The average molecular weight is 436 g/mol. The summed E-state index contributed by atoms with van der Waals surface area (Å²) < 4.78 is 22.8. The predicted molar refractivity (Wildman–Crippen MR) is 126 cm³/mol. The fourth-order valence-electron chi connectivity index (χ4n) is 2.18. The molecule has 0 amide bonds. The number of para-hydroxylation sites is 1. The Hall–Kier alpha value is -2.59. The molecule has 0 aliphatic carbocycles. The third kappa shape index (κ3) is 9.27. The summed E-state index contributed by atoms with van der Waals surface area (Å²) in [7, 11) is -3.77. The molecule has 9 heteroatoms. The van der Waals surface area contributed by atoms with Crippen LogP contribution in [0.4, 0.5) is 11.4 Å². The summed E-state index contributed by atoms with van der Waals surface area (Å²) in [5.74, 6) is 0.531. The van der Waals surface area contributed by atoms with E-state index in [1.165, 1.54) is 17.1 Å². The van der Waals surface area contributed by atoms with Crippen LogP contribution in [0.5, 0.6) is 0 Å². The van der Waals surface area contributed by atoms with Crippen molar-refractivity contribution in [2.75, 3.05) is 24.7 Å². The number of aliphatic hydroxyl groups excluding tert-OH is 1. The highest BCUT2D eigenvalue weighted by molar-refractivity contribution is 7.89. The minimum atomic E-state index is -3.77. The van der Waals surface area contributed by atoms with E-state index in [4.69, 9.17) is 10.2 Å². The molecule has 2 rings (SSSR count). The molecule has 0 saturated heterocycles. The Morgan fingerprint density at radius 3 is 2.10 bits per heavy atom. The van der Waals surface area contributed by atoms with Gasteiger partial charge in [-0.3, -0.25) is 0 Å². The van der Waals surface area contributed by atoms with Gasteiger partial charge in [-0.2, -0.15) is 5.10 Å². The molecule has 0 radical (unpaired) electrons. The molecular weight excluding hydrogens is 402 g/mol. The van der Waals surface area contributed by atoms with E-state index < -0.39 is 10.0 Å². The number of hydrogen-bond donors (Lipinski definition) is 3. The molecule has 0 spiro atoms. The molecule has 0 bridgehead atoms. The maximum absolute atomic E-state index is 11.4. The number of benzene rings is 2. The second-order valence-corrected chi connectivity index (χ2v) is 6.82. The molecule has 2 aromatic carbocycles. The Balaban J connectivity index is 0.00000198. The summed E-state index contributed by atoms with van der Waals surface area (Å²) in [6.07, 6.45) is 0. The summed E-state index contributed by atoms with van der Waals surface area (Å²) in [5, 5.41) is 22.6. The molecule has 0 saturated carbocycles. The van der Waals surface area contributed by atoms with E-state index in [2.05, 4.69) is 22.1 Å². The molecule has 166 valence electrons. The van der Waals surface area contributed by atoms with E-state index in [1.807, 2.05) is 58.0 Å². The zero-order valence-electron chi connectivity index (χ0n) is 18.1. The van der Waals surface area contributed by atoms with Gasteiger partial charge in [-0.15, -0.1) is 0 Å². The van der Waals surface area contributed by atoms with Crippen molar-refractivity contribution in [1.82, 2.24) is 5.32 Å². The van der Waals surface area contributed by atoms with Gasteiger partial charge in [0.25, 0.3) is 0 Å². The normalized spacial score (nSPS) is 10.8. The number of aliphatic imine (C=N–C) groups is 1. The van der Waals surface area contributed by atoms with E-state index in [-0.39, 0.29) is 11.5 Å². The summed E-state index contributed by atoms with van der Waals surface area (Å²) >= 11 is 0. The minimum absolute atomic E-state index is 0.00483. The number of nitrogens with zero attached hydrogens (tertiary/aromatic N) is 3. The quantitative estimate of drug-likeness (QED) is 0.255. The number of aliphatic hydroxyl groups is 1. The number of hydrogen-bond acceptors (Lipinski definition) is 6. The largest absolute Gasteiger partial charge is 0.395 e. The van der Waals surface area contributed by atoms with Gasteiger partial charge >= 0.3 is 0 Å². The zero-order valence-corrected chi connectivity index (χ0v) is 18.9. The van der Waals surface area contributed by atoms with E-state index in [9.17, 15) is 8.42 Å². The summed E-state index contributed by atoms with van der Waals surface area (Å²) in [5.41, 5.74) is 1.30. The van der Waals surface area contributed by atoms with Gasteiger partial charge in [0.15, 0.2) is 0 Å². The maximum atomic E-state index is 11.4. The Morgan fingerprint density at radius 1 is 1.07 bits per heavy atom. The second kappa shape index (κ2) is 15.3. The van der Waals surface area contributed by atoms with Crippen LogP contribution in [0, 0.1) is 0 Å². The van der Waals surface area contributed by atoms with Crippen molar-refractivity contribution in [1.29, 1.82) is 0 Å². The Bertz CT molecular complexity index is 854. The van der Waals surface area contributed by atoms with Crippen molar-refractivity contribution in [2.24, 2.45) is 15.2 Å². The van der Waals surface area contributed by atoms with E-state index in [1.54, 1.807) is 12.1 Å². The highest BCUT2D eigenvalue weighted by Gasteiger charge is 2.14. The smallest absolute Gasteiger partial charge is 0.238 e. The molecule has 0 aliphatic heterocycles. The monoisotopic (exact) mass is 435 g/mol. The van der Waals surface area contributed by atoms with Crippen LogP contribution >= 0.6 is 0 Å². The average Bonchev–Trinajstić information content (AvgIpc) is 2.77. The van der Waals surface area contributed by atoms with Crippen molar-refractivity contribution < 1.29 is 13.5 Å². The molecule has 8 nitrogen and oxygen atoms in total. The fourth-order valence-corrected chi connectivity index (χ4v) is 2.70. The van der Waals surface area contributed by atoms with Crippen LogP contribution in [0.2, 0.25) is 0 Å². The van der Waals surface area contributed by atoms with Crippen LogP contribution in [0.25, 0.3) is 0 Å². The van der Waals surface area contributed by atoms with Gasteiger partial charge in [0, 0.05) is 13.3 Å². The molecule has 0 aliphatic rings. The maximum Gasteiger partial charge on any atom is 0.238 e. The lowest BCUT2D eigenvalue weighted by atomic mass is 10.3. The number of nitrogens with one attached hydrogen (secondary N) is 1. The van der Waals surface area contributed by atoms with Crippen LogP contribution in [-0.4, -0.2) is 45.8 Å². The lowest BCUT2D eigenvalue weighted by Gasteiger charge is -2.21.